The molecule has 0 aliphatic heterocycles. The molecule has 2 aromatic rings. The van der Waals surface area contributed by atoms with Gasteiger partial charge in [0.2, 0.25) is 0 Å². The fourth-order valence-corrected chi connectivity index (χ4v) is 2.65. The lowest BCUT2D eigenvalue weighted by atomic mass is 9.82. The molecule has 1 aliphatic carbocycles. The molecular weight excluding hydrogens is 228 g/mol. The van der Waals surface area contributed by atoms with E-state index in [1.807, 2.05) is 17.6 Å². The number of nitrogens with zero attached hydrogens (tertiary/aromatic N) is 4. The first-order valence-corrected chi connectivity index (χ1v) is 6.33. The molecule has 0 aromatic carbocycles. The van der Waals surface area contributed by atoms with Gasteiger partial charge in [0, 0.05) is 26.0 Å². The summed E-state index contributed by atoms with van der Waals surface area (Å²) in [6, 6.07) is 2.05. The van der Waals surface area contributed by atoms with Crippen molar-refractivity contribution in [3.05, 3.63) is 24.2 Å². The smallest absolute Gasteiger partial charge is 0.154 e. The van der Waals surface area contributed by atoms with Gasteiger partial charge < -0.3 is 10.0 Å². The van der Waals surface area contributed by atoms with E-state index in [2.05, 4.69) is 28.1 Å². The van der Waals surface area contributed by atoms with Crippen molar-refractivity contribution < 1.29 is 5.11 Å². The molecule has 3 rings (SSSR count). The monoisotopic (exact) mass is 246 g/mol. The molecule has 96 valence electrons. The van der Waals surface area contributed by atoms with Crippen LogP contribution in [0.25, 0.3) is 5.52 Å². The van der Waals surface area contributed by atoms with Gasteiger partial charge in [-0.05, 0) is 31.7 Å². The van der Waals surface area contributed by atoms with Gasteiger partial charge in [-0.2, -0.15) is 5.10 Å². The zero-order chi connectivity index (χ0) is 12.7. The average molecular weight is 246 g/mol. The predicted octanol–water partition coefficient (Wildman–Crippen LogP) is 1.24. The van der Waals surface area contributed by atoms with Crippen LogP contribution in [0.2, 0.25) is 0 Å². The maximum Gasteiger partial charge on any atom is 0.154 e. The molecule has 0 radical (unpaired) electrons. The summed E-state index contributed by atoms with van der Waals surface area (Å²) < 4.78 is 1.86. The molecule has 2 aromatic heterocycles. The van der Waals surface area contributed by atoms with Crippen LogP contribution in [-0.2, 0) is 0 Å². The third-order valence-corrected chi connectivity index (χ3v) is 3.60. The van der Waals surface area contributed by atoms with Crippen molar-refractivity contribution in [3.63, 3.8) is 0 Å². The Hall–Kier alpha value is -1.62. The molecule has 5 nitrogen and oxygen atoms in total. The largest absolute Gasteiger partial charge is 0.393 e. The minimum atomic E-state index is -0.0932. The van der Waals surface area contributed by atoms with Crippen LogP contribution < -0.4 is 4.90 Å². The van der Waals surface area contributed by atoms with Crippen LogP contribution in [0.1, 0.15) is 18.5 Å². The Morgan fingerprint density at radius 1 is 1.50 bits per heavy atom. The van der Waals surface area contributed by atoms with E-state index in [4.69, 9.17) is 0 Å². The Balaban J connectivity index is 1.84. The second-order valence-corrected chi connectivity index (χ2v) is 5.24. The van der Waals surface area contributed by atoms with Crippen LogP contribution in [0, 0.1) is 12.8 Å². The van der Waals surface area contributed by atoms with E-state index in [9.17, 15) is 5.11 Å². The lowest BCUT2D eigenvalue weighted by molar-refractivity contribution is 0.0464. The van der Waals surface area contributed by atoms with Crippen molar-refractivity contribution in [1.29, 1.82) is 0 Å². The number of aliphatic hydroxyl groups excluding tert-OH is 1. The van der Waals surface area contributed by atoms with E-state index in [0.717, 1.165) is 36.4 Å². The molecule has 0 saturated heterocycles. The number of hydrogen-bond donors (Lipinski definition) is 1. The third-order valence-electron chi connectivity index (χ3n) is 3.60. The van der Waals surface area contributed by atoms with Crippen LogP contribution in [0.3, 0.4) is 0 Å². The van der Waals surface area contributed by atoms with Gasteiger partial charge in [0.05, 0.1) is 11.8 Å². The van der Waals surface area contributed by atoms with E-state index >= 15 is 0 Å². The fraction of sp³-hybridized carbons (Fsp3) is 0.538. The number of aryl methyl sites for hydroxylation is 1. The minimum Gasteiger partial charge on any atom is -0.393 e. The Kier molecular flexibility index (Phi) is 2.70. The second-order valence-electron chi connectivity index (χ2n) is 5.24. The van der Waals surface area contributed by atoms with E-state index in [0.29, 0.717) is 5.92 Å². The summed E-state index contributed by atoms with van der Waals surface area (Å²) in [5, 5.41) is 13.7. The number of anilines is 1. The van der Waals surface area contributed by atoms with Crippen molar-refractivity contribution in [2.45, 2.75) is 25.9 Å². The van der Waals surface area contributed by atoms with Crippen molar-refractivity contribution >= 4 is 11.3 Å². The van der Waals surface area contributed by atoms with Crippen LogP contribution in [-0.4, -0.2) is 39.4 Å². The number of aromatic nitrogens is 3. The fourth-order valence-electron chi connectivity index (χ4n) is 2.65. The van der Waals surface area contributed by atoms with Gasteiger partial charge >= 0.3 is 0 Å². The summed E-state index contributed by atoms with van der Waals surface area (Å²) in [4.78, 5) is 6.61. The Labute approximate surface area is 106 Å². The highest BCUT2D eigenvalue weighted by atomic mass is 16.3. The lowest BCUT2D eigenvalue weighted by Crippen LogP contribution is -2.37. The van der Waals surface area contributed by atoms with Gasteiger partial charge in [0.25, 0.3) is 0 Å². The van der Waals surface area contributed by atoms with E-state index < -0.39 is 0 Å². The number of rotatable bonds is 3. The summed E-state index contributed by atoms with van der Waals surface area (Å²) in [5.41, 5.74) is 2.04. The quantitative estimate of drug-likeness (QED) is 0.885. The molecule has 1 aliphatic rings. The summed E-state index contributed by atoms with van der Waals surface area (Å²) in [5.74, 6) is 1.54. The normalized spacial score (nSPS) is 23.1. The van der Waals surface area contributed by atoms with Crippen LogP contribution in [0.15, 0.2) is 18.5 Å². The molecule has 0 unspecified atom stereocenters. The molecule has 18 heavy (non-hydrogen) atoms. The Morgan fingerprint density at radius 2 is 2.28 bits per heavy atom. The van der Waals surface area contributed by atoms with Crippen molar-refractivity contribution in [3.8, 4) is 0 Å². The number of aliphatic hydroxyl groups is 1. The van der Waals surface area contributed by atoms with Gasteiger partial charge in [-0.25, -0.2) is 9.50 Å². The van der Waals surface area contributed by atoms with Crippen molar-refractivity contribution in [2.75, 3.05) is 18.5 Å². The Morgan fingerprint density at radius 3 is 3.00 bits per heavy atom. The van der Waals surface area contributed by atoms with E-state index in [1.54, 1.807) is 6.20 Å². The zero-order valence-corrected chi connectivity index (χ0v) is 10.7. The molecule has 1 N–H and O–H groups in total. The number of fused-ring (bicyclic) bond motifs is 1. The zero-order valence-electron chi connectivity index (χ0n) is 10.7. The third kappa shape index (κ3) is 1.95. The standard InChI is InChI=1S/C13H18N4O/c1-9-5-12-13(14-3-4-17(12)15-9)16(2)8-10-6-11(18)7-10/h3-5,10-11,18H,6-8H2,1-2H3. The van der Waals surface area contributed by atoms with E-state index in [1.165, 1.54) is 0 Å². The highest BCUT2D eigenvalue weighted by Crippen LogP contribution is 2.29. The van der Waals surface area contributed by atoms with Crippen LogP contribution >= 0.6 is 0 Å². The summed E-state index contributed by atoms with van der Waals surface area (Å²) in [6.07, 6.45) is 5.37. The number of hydrogen-bond acceptors (Lipinski definition) is 4. The molecule has 2 heterocycles. The van der Waals surface area contributed by atoms with Crippen molar-refractivity contribution in [1.82, 2.24) is 14.6 Å². The average Bonchev–Trinajstić information content (AvgIpc) is 2.66. The van der Waals surface area contributed by atoms with Gasteiger partial charge in [-0.1, -0.05) is 0 Å². The Bertz CT molecular complexity index is 559. The molecule has 0 amide bonds. The second kappa shape index (κ2) is 4.24. The van der Waals surface area contributed by atoms with Gasteiger partial charge in [0.15, 0.2) is 5.82 Å². The summed E-state index contributed by atoms with van der Waals surface area (Å²) in [6.45, 7) is 2.92. The molecule has 5 heteroatoms. The first kappa shape index (κ1) is 11.5. The summed E-state index contributed by atoms with van der Waals surface area (Å²) in [7, 11) is 2.05. The topological polar surface area (TPSA) is 53.7 Å². The highest BCUT2D eigenvalue weighted by Gasteiger charge is 2.28. The van der Waals surface area contributed by atoms with E-state index in [-0.39, 0.29) is 6.10 Å². The van der Waals surface area contributed by atoms with Crippen molar-refractivity contribution in [2.24, 2.45) is 5.92 Å². The van der Waals surface area contributed by atoms with Gasteiger partial charge in [0.1, 0.15) is 5.52 Å². The maximum absolute atomic E-state index is 9.33. The lowest BCUT2D eigenvalue weighted by Gasteiger charge is -2.34. The molecule has 0 bridgehead atoms. The molecule has 1 fully saturated rings. The minimum absolute atomic E-state index is 0.0932. The highest BCUT2D eigenvalue weighted by molar-refractivity contribution is 5.68. The molecule has 0 atom stereocenters. The first-order chi connectivity index (χ1) is 8.63. The van der Waals surface area contributed by atoms with Gasteiger partial charge in [-0.3, -0.25) is 0 Å². The first-order valence-electron chi connectivity index (χ1n) is 6.33. The van der Waals surface area contributed by atoms with Crippen LogP contribution in [0.5, 0.6) is 0 Å². The predicted molar refractivity (Wildman–Crippen MR) is 69.7 cm³/mol. The summed E-state index contributed by atoms with van der Waals surface area (Å²) >= 11 is 0. The SMILES string of the molecule is Cc1cc2c(N(C)CC3CC(O)C3)nccn2n1. The molecule has 1 saturated carbocycles. The van der Waals surface area contributed by atoms with Crippen LogP contribution in [0.4, 0.5) is 5.82 Å². The maximum atomic E-state index is 9.33. The molecule has 0 spiro atoms. The molecular formula is C13H18N4O. The van der Waals surface area contributed by atoms with Gasteiger partial charge in [-0.15, -0.1) is 0 Å².